The number of aromatic nitrogens is 2. The van der Waals surface area contributed by atoms with E-state index < -0.39 is 0 Å². The largest absolute Gasteiger partial charge is 0.287 e. The zero-order chi connectivity index (χ0) is 15.5. The van der Waals surface area contributed by atoms with Crippen LogP contribution in [0.4, 0.5) is 4.39 Å². The third kappa shape index (κ3) is 2.68. The van der Waals surface area contributed by atoms with Gasteiger partial charge in [-0.3, -0.25) is 9.48 Å². The van der Waals surface area contributed by atoms with Crippen LogP contribution in [-0.4, -0.2) is 9.78 Å². The standard InChI is InChI=1S/C18H15FN2O/c1-2-21-12-16(14-9-6-10-15(19)11-14)18(22)17(20-21)13-7-4-3-5-8-13/h3-12H,2H2,1H3. The summed E-state index contributed by atoms with van der Waals surface area (Å²) < 4.78 is 15.2. The quantitative estimate of drug-likeness (QED) is 0.737. The normalized spacial score (nSPS) is 10.6. The van der Waals surface area contributed by atoms with Crippen molar-refractivity contribution in [1.82, 2.24) is 9.78 Å². The van der Waals surface area contributed by atoms with Gasteiger partial charge < -0.3 is 0 Å². The molecule has 1 heterocycles. The average Bonchev–Trinajstić information content (AvgIpc) is 2.56. The lowest BCUT2D eigenvalue weighted by atomic mass is 10.0. The molecular formula is C18H15FN2O. The van der Waals surface area contributed by atoms with Gasteiger partial charge in [0.2, 0.25) is 5.43 Å². The molecule has 0 saturated carbocycles. The molecule has 110 valence electrons. The van der Waals surface area contributed by atoms with Crippen molar-refractivity contribution in [2.75, 3.05) is 0 Å². The van der Waals surface area contributed by atoms with Gasteiger partial charge in [0.15, 0.2) is 0 Å². The van der Waals surface area contributed by atoms with E-state index in [1.54, 1.807) is 23.0 Å². The van der Waals surface area contributed by atoms with E-state index in [9.17, 15) is 9.18 Å². The van der Waals surface area contributed by atoms with Gasteiger partial charge in [0.05, 0.1) is 0 Å². The van der Waals surface area contributed by atoms with Crippen LogP contribution in [0.15, 0.2) is 65.6 Å². The lowest BCUT2D eigenvalue weighted by molar-refractivity contribution is 0.627. The molecule has 4 heteroatoms. The van der Waals surface area contributed by atoms with Crippen molar-refractivity contribution >= 4 is 0 Å². The van der Waals surface area contributed by atoms with Gasteiger partial charge in [-0.2, -0.15) is 5.10 Å². The van der Waals surface area contributed by atoms with E-state index in [1.165, 1.54) is 12.1 Å². The molecule has 3 aromatic rings. The number of rotatable bonds is 3. The monoisotopic (exact) mass is 294 g/mol. The topological polar surface area (TPSA) is 34.9 Å². The van der Waals surface area contributed by atoms with Crippen LogP contribution in [-0.2, 0) is 6.54 Å². The predicted molar refractivity (Wildman–Crippen MR) is 85.0 cm³/mol. The van der Waals surface area contributed by atoms with Crippen molar-refractivity contribution in [3.8, 4) is 22.4 Å². The summed E-state index contributed by atoms with van der Waals surface area (Å²) in [6, 6.07) is 15.4. The van der Waals surface area contributed by atoms with Gasteiger partial charge in [-0.05, 0) is 24.6 Å². The first-order chi connectivity index (χ1) is 10.7. The van der Waals surface area contributed by atoms with Crippen LogP contribution in [0.2, 0.25) is 0 Å². The molecule has 1 aromatic heterocycles. The highest BCUT2D eigenvalue weighted by atomic mass is 19.1. The molecule has 22 heavy (non-hydrogen) atoms. The molecule has 3 rings (SSSR count). The Morgan fingerprint density at radius 3 is 2.45 bits per heavy atom. The van der Waals surface area contributed by atoms with E-state index in [0.717, 1.165) is 5.56 Å². The van der Waals surface area contributed by atoms with Gasteiger partial charge in [-0.1, -0.05) is 42.5 Å². The molecule has 0 saturated heterocycles. The molecule has 2 aromatic carbocycles. The molecule has 0 aliphatic carbocycles. The smallest absolute Gasteiger partial charge is 0.215 e. The average molecular weight is 294 g/mol. The summed E-state index contributed by atoms with van der Waals surface area (Å²) in [6.07, 6.45) is 1.67. The van der Waals surface area contributed by atoms with E-state index >= 15 is 0 Å². The Morgan fingerprint density at radius 1 is 1.05 bits per heavy atom. The molecule has 0 spiro atoms. The van der Waals surface area contributed by atoms with Crippen molar-refractivity contribution in [3.05, 3.63) is 76.8 Å². The Kier molecular flexibility index (Phi) is 3.83. The third-order valence-corrected chi connectivity index (χ3v) is 3.47. The number of halogens is 1. The summed E-state index contributed by atoms with van der Waals surface area (Å²) in [4.78, 5) is 12.8. The van der Waals surface area contributed by atoms with Gasteiger partial charge >= 0.3 is 0 Å². The molecule has 3 nitrogen and oxygen atoms in total. The third-order valence-electron chi connectivity index (χ3n) is 3.47. The Hall–Kier alpha value is -2.75. The van der Waals surface area contributed by atoms with Crippen molar-refractivity contribution in [1.29, 1.82) is 0 Å². The second kappa shape index (κ2) is 5.93. The molecule has 0 fully saturated rings. The fourth-order valence-electron chi connectivity index (χ4n) is 2.35. The zero-order valence-corrected chi connectivity index (χ0v) is 12.2. The van der Waals surface area contributed by atoms with Crippen LogP contribution >= 0.6 is 0 Å². The highest BCUT2D eigenvalue weighted by Crippen LogP contribution is 2.20. The van der Waals surface area contributed by atoms with Crippen LogP contribution < -0.4 is 5.43 Å². The predicted octanol–water partition coefficient (Wildman–Crippen LogP) is 3.74. The summed E-state index contributed by atoms with van der Waals surface area (Å²) in [5.74, 6) is -0.363. The summed E-state index contributed by atoms with van der Waals surface area (Å²) in [5.41, 5.74) is 1.96. The minimum Gasteiger partial charge on any atom is -0.287 e. The first-order valence-corrected chi connectivity index (χ1v) is 7.12. The lowest BCUT2D eigenvalue weighted by Gasteiger charge is -2.09. The van der Waals surface area contributed by atoms with Crippen LogP contribution in [0.25, 0.3) is 22.4 Å². The van der Waals surface area contributed by atoms with Crippen molar-refractivity contribution in [3.63, 3.8) is 0 Å². The maximum absolute atomic E-state index is 13.5. The number of hydrogen-bond donors (Lipinski definition) is 0. The lowest BCUT2D eigenvalue weighted by Crippen LogP contribution is -2.16. The molecule has 0 unspecified atom stereocenters. The summed E-state index contributed by atoms with van der Waals surface area (Å²) >= 11 is 0. The number of aryl methyl sites for hydroxylation is 1. The van der Waals surface area contributed by atoms with Crippen LogP contribution in [0, 0.1) is 5.82 Å². The summed E-state index contributed by atoms with van der Waals surface area (Å²) in [6.45, 7) is 2.57. The molecular weight excluding hydrogens is 279 g/mol. The first-order valence-electron chi connectivity index (χ1n) is 7.12. The molecule has 0 aliphatic heterocycles. The second-order valence-corrected chi connectivity index (χ2v) is 4.95. The molecule has 0 radical (unpaired) electrons. The van der Waals surface area contributed by atoms with Crippen LogP contribution in [0.5, 0.6) is 0 Å². The van der Waals surface area contributed by atoms with Crippen molar-refractivity contribution in [2.24, 2.45) is 0 Å². The first kappa shape index (κ1) is 14.2. The SMILES string of the molecule is CCn1cc(-c2cccc(F)c2)c(=O)c(-c2ccccc2)n1. The maximum Gasteiger partial charge on any atom is 0.215 e. The van der Waals surface area contributed by atoms with Crippen LogP contribution in [0.1, 0.15) is 6.92 Å². The number of hydrogen-bond acceptors (Lipinski definition) is 2. The van der Waals surface area contributed by atoms with Crippen LogP contribution in [0.3, 0.4) is 0 Å². The van der Waals surface area contributed by atoms with E-state index in [-0.39, 0.29) is 11.2 Å². The molecule has 0 atom stereocenters. The Bertz CT molecular complexity index is 856. The Labute approximate surface area is 127 Å². The van der Waals surface area contributed by atoms with E-state index in [0.29, 0.717) is 23.4 Å². The second-order valence-electron chi connectivity index (χ2n) is 4.95. The molecule has 0 N–H and O–H groups in total. The summed E-state index contributed by atoms with van der Waals surface area (Å²) in [7, 11) is 0. The maximum atomic E-state index is 13.5. The van der Waals surface area contributed by atoms with Gasteiger partial charge in [0.25, 0.3) is 0 Å². The molecule has 0 aliphatic rings. The minimum absolute atomic E-state index is 0.193. The number of benzene rings is 2. The van der Waals surface area contributed by atoms with Gasteiger partial charge in [0.1, 0.15) is 11.5 Å². The minimum atomic E-state index is -0.363. The Balaban J connectivity index is 2.26. The van der Waals surface area contributed by atoms with Crippen molar-refractivity contribution < 1.29 is 4.39 Å². The van der Waals surface area contributed by atoms with Gasteiger partial charge in [0, 0.05) is 23.9 Å². The van der Waals surface area contributed by atoms with E-state index in [4.69, 9.17) is 0 Å². The fourth-order valence-corrected chi connectivity index (χ4v) is 2.35. The fraction of sp³-hybridized carbons (Fsp3) is 0.111. The summed E-state index contributed by atoms with van der Waals surface area (Å²) in [5, 5.41) is 4.38. The van der Waals surface area contributed by atoms with E-state index in [1.807, 2.05) is 37.3 Å². The highest BCUT2D eigenvalue weighted by molar-refractivity contribution is 5.69. The number of nitrogens with zero attached hydrogens (tertiary/aromatic N) is 2. The molecule has 0 amide bonds. The van der Waals surface area contributed by atoms with Gasteiger partial charge in [-0.15, -0.1) is 0 Å². The highest BCUT2D eigenvalue weighted by Gasteiger charge is 2.13. The van der Waals surface area contributed by atoms with Crippen molar-refractivity contribution in [2.45, 2.75) is 13.5 Å². The van der Waals surface area contributed by atoms with E-state index in [2.05, 4.69) is 5.10 Å². The van der Waals surface area contributed by atoms with Gasteiger partial charge in [-0.25, -0.2) is 4.39 Å². The molecule has 0 bridgehead atoms. The Morgan fingerprint density at radius 2 is 1.77 bits per heavy atom. The zero-order valence-electron chi connectivity index (χ0n) is 12.2.